The molecular formula is C9H9Br2N3O. The summed E-state index contributed by atoms with van der Waals surface area (Å²) in [7, 11) is 0. The number of halogens is 2. The van der Waals surface area contributed by atoms with Crippen molar-refractivity contribution < 1.29 is 4.79 Å². The molecular weight excluding hydrogens is 326 g/mol. The number of pyridine rings is 1. The Morgan fingerprint density at radius 3 is 2.47 bits per heavy atom. The molecule has 2 heterocycles. The van der Waals surface area contributed by atoms with Crippen LogP contribution in [0.3, 0.4) is 0 Å². The molecule has 2 N–H and O–H groups in total. The molecule has 1 aromatic heterocycles. The number of anilines is 1. The number of rotatable bonds is 1. The molecule has 6 heteroatoms. The summed E-state index contributed by atoms with van der Waals surface area (Å²) in [5.41, 5.74) is 6.55. The van der Waals surface area contributed by atoms with Gasteiger partial charge in [-0.25, -0.2) is 4.98 Å². The molecule has 1 atom stereocenters. The van der Waals surface area contributed by atoms with E-state index in [0.717, 1.165) is 5.69 Å². The molecule has 2 rings (SSSR count). The molecule has 1 aromatic rings. The maximum absolute atomic E-state index is 11.6. The van der Waals surface area contributed by atoms with E-state index in [9.17, 15) is 4.79 Å². The average Bonchev–Trinajstić information content (AvgIpc) is 2.43. The van der Waals surface area contributed by atoms with E-state index < -0.39 is 0 Å². The number of nitrogens with two attached hydrogens (primary N) is 1. The zero-order valence-electron chi connectivity index (χ0n) is 7.78. The predicted molar refractivity (Wildman–Crippen MR) is 64.6 cm³/mol. The van der Waals surface area contributed by atoms with Crippen molar-refractivity contribution in [2.75, 3.05) is 11.4 Å². The molecule has 1 fully saturated rings. The number of hydrogen-bond acceptors (Lipinski definition) is 3. The van der Waals surface area contributed by atoms with Crippen LogP contribution >= 0.6 is 31.9 Å². The minimum atomic E-state index is -0.0665. The molecule has 0 aliphatic carbocycles. The maximum Gasteiger partial charge on any atom is 0.228 e. The minimum Gasteiger partial charge on any atom is -0.326 e. The molecule has 1 saturated heterocycles. The summed E-state index contributed by atoms with van der Waals surface area (Å²) in [6, 6.07) is 3.55. The summed E-state index contributed by atoms with van der Waals surface area (Å²) in [6.07, 6.45) is 0.414. The maximum atomic E-state index is 11.6. The first-order valence-corrected chi connectivity index (χ1v) is 6.04. The van der Waals surface area contributed by atoms with Crippen LogP contribution < -0.4 is 10.6 Å². The molecule has 1 aliphatic rings. The predicted octanol–water partition coefficient (Wildman–Crippen LogP) is 1.67. The van der Waals surface area contributed by atoms with Crippen LogP contribution in [0, 0.1) is 0 Å². The van der Waals surface area contributed by atoms with Crippen LogP contribution in [0.5, 0.6) is 0 Å². The van der Waals surface area contributed by atoms with Gasteiger partial charge in [-0.05, 0) is 44.0 Å². The van der Waals surface area contributed by atoms with Crippen molar-refractivity contribution in [1.29, 1.82) is 0 Å². The summed E-state index contributed by atoms with van der Waals surface area (Å²) in [5.74, 6) is 0.0625. The van der Waals surface area contributed by atoms with Crippen molar-refractivity contribution >= 4 is 43.5 Å². The van der Waals surface area contributed by atoms with Crippen LogP contribution in [-0.2, 0) is 4.79 Å². The van der Waals surface area contributed by atoms with Gasteiger partial charge in [0.1, 0.15) is 9.21 Å². The fourth-order valence-corrected chi connectivity index (χ4v) is 2.68. The van der Waals surface area contributed by atoms with Crippen molar-refractivity contribution in [1.82, 2.24) is 4.98 Å². The number of carbonyl (C=O) groups is 1. The Hall–Kier alpha value is -0.460. The molecule has 0 bridgehead atoms. The quantitative estimate of drug-likeness (QED) is 0.795. The van der Waals surface area contributed by atoms with Gasteiger partial charge >= 0.3 is 0 Å². The first-order valence-electron chi connectivity index (χ1n) is 4.45. The third-order valence-corrected chi connectivity index (χ3v) is 3.03. The molecule has 0 aromatic carbocycles. The second kappa shape index (κ2) is 4.19. The third kappa shape index (κ3) is 2.38. The highest BCUT2D eigenvalue weighted by atomic mass is 79.9. The lowest BCUT2D eigenvalue weighted by molar-refractivity contribution is -0.117. The second-order valence-corrected chi connectivity index (χ2v) is 5.06. The standard InChI is InChI=1S/C9H9Br2N3O/c10-7-2-6(3-8(11)13-7)14-4-5(12)1-9(14)15/h2-3,5H,1,4,12H2. The van der Waals surface area contributed by atoms with Crippen LogP contribution in [0.4, 0.5) is 5.69 Å². The molecule has 0 radical (unpaired) electrons. The smallest absolute Gasteiger partial charge is 0.228 e. The van der Waals surface area contributed by atoms with Gasteiger partial charge in [-0.1, -0.05) is 0 Å². The Morgan fingerprint density at radius 2 is 2.00 bits per heavy atom. The number of aromatic nitrogens is 1. The minimum absolute atomic E-state index is 0.0625. The molecule has 1 aliphatic heterocycles. The van der Waals surface area contributed by atoms with Crippen LogP contribution in [-0.4, -0.2) is 23.5 Å². The van der Waals surface area contributed by atoms with E-state index in [2.05, 4.69) is 36.8 Å². The highest BCUT2D eigenvalue weighted by molar-refractivity contribution is 9.11. The lowest BCUT2D eigenvalue weighted by atomic mass is 10.3. The van der Waals surface area contributed by atoms with E-state index in [-0.39, 0.29) is 11.9 Å². The Morgan fingerprint density at radius 1 is 1.40 bits per heavy atom. The Balaban J connectivity index is 2.33. The van der Waals surface area contributed by atoms with E-state index in [1.54, 1.807) is 17.0 Å². The van der Waals surface area contributed by atoms with Gasteiger partial charge in [-0.2, -0.15) is 0 Å². The monoisotopic (exact) mass is 333 g/mol. The summed E-state index contributed by atoms with van der Waals surface area (Å²) >= 11 is 6.57. The fraction of sp³-hybridized carbons (Fsp3) is 0.333. The molecule has 80 valence electrons. The van der Waals surface area contributed by atoms with Gasteiger partial charge in [-0.3, -0.25) is 4.79 Å². The van der Waals surface area contributed by atoms with Crippen LogP contribution in [0.25, 0.3) is 0 Å². The van der Waals surface area contributed by atoms with Crippen LogP contribution in [0.2, 0.25) is 0 Å². The lowest BCUT2D eigenvalue weighted by Crippen LogP contribution is -2.28. The normalized spacial score (nSPS) is 21.1. The first kappa shape index (κ1) is 11.0. The molecule has 1 amide bonds. The zero-order chi connectivity index (χ0) is 11.0. The van der Waals surface area contributed by atoms with Gasteiger partial charge < -0.3 is 10.6 Å². The van der Waals surface area contributed by atoms with Crippen molar-refractivity contribution in [3.63, 3.8) is 0 Å². The molecule has 0 saturated carbocycles. The highest BCUT2D eigenvalue weighted by Gasteiger charge is 2.28. The van der Waals surface area contributed by atoms with Crippen molar-refractivity contribution in [2.45, 2.75) is 12.5 Å². The molecule has 0 spiro atoms. The van der Waals surface area contributed by atoms with E-state index in [0.29, 0.717) is 22.2 Å². The average molecular weight is 335 g/mol. The first-order chi connectivity index (χ1) is 7.06. The van der Waals surface area contributed by atoms with E-state index in [1.165, 1.54) is 0 Å². The topological polar surface area (TPSA) is 59.2 Å². The van der Waals surface area contributed by atoms with E-state index in [1.807, 2.05) is 0 Å². The number of hydrogen-bond donors (Lipinski definition) is 1. The summed E-state index contributed by atoms with van der Waals surface area (Å²) in [6.45, 7) is 0.571. The molecule has 1 unspecified atom stereocenters. The zero-order valence-corrected chi connectivity index (χ0v) is 11.0. The van der Waals surface area contributed by atoms with E-state index >= 15 is 0 Å². The van der Waals surface area contributed by atoms with Crippen LogP contribution in [0.15, 0.2) is 21.3 Å². The van der Waals surface area contributed by atoms with Gasteiger partial charge in [0.05, 0.1) is 0 Å². The number of nitrogens with zero attached hydrogens (tertiary/aromatic N) is 2. The third-order valence-electron chi connectivity index (χ3n) is 2.21. The fourth-order valence-electron chi connectivity index (χ4n) is 1.59. The van der Waals surface area contributed by atoms with Gasteiger partial charge in [0.15, 0.2) is 0 Å². The van der Waals surface area contributed by atoms with Crippen molar-refractivity contribution in [3.8, 4) is 0 Å². The summed E-state index contributed by atoms with van der Waals surface area (Å²) < 4.78 is 1.39. The molecule has 4 nitrogen and oxygen atoms in total. The Bertz CT molecular complexity index is 390. The van der Waals surface area contributed by atoms with Crippen LogP contribution in [0.1, 0.15) is 6.42 Å². The highest BCUT2D eigenvalue weighted by Crippen LogP contribution is 2.26. The van der Waals surface area contributed by atoms with Gasteiger partial charge in [0, 0.05) is 24.7 Å². The van der Waals surface area contributed by atoms with Crippen molar-refractivity contribution in [3.05, 3.63) is 21.3 Å². The summed E-state index contributed by atoms with van der Waals surface area (Å²) in [5, 5.41) is 0. The Labute approximate surface area is 104 Å². The van der Waals surface area contributed by atoms with Gasteiger partial charge in [0.2, 0.25) is 5.91 Å². The second-order valence-electron chi connectivity index (χ2n) is 3.44. The van der Waals surface area contributed by atoms with E-state index in [4.69, 9.17) is 5.73 Å². The SMILES string of the molecule is NC1CC(=O)N(c2cc(Br)nc(Br)c2)C1. The van der Waals surface area contributed by atoms with Gasteiger partial charge in [-0.15, -0.1) is 0 Å². The Kier molecular flexibility index (Phi) is 3.08. The largest absolute Gasteiger partial charge is 0.326 e. The number of amides is 1. The lowest BCUT2D eigenvalue weighted by Gasteiger charge is -2.16. The van der Waals surface area contributed by atoms with Gasteiger partial charge in [0.25, 0.3) is 0 Å². The van der Waals surface area contributed by atoms with Crippen molar-refractivity contribution in [2.24, 2.45) is 5.73 Å². The summed E-state index contributed by atoms with van der Waals surface area (Å²) in [4.78, 5) is 17.4. The molecule has 15 heavy (non-hydrogen) atoms. The number of carbonyl (C=O) groups excluding carboxylic acids is 1.